The van der Waals surface area contributed by atoms with Crippen LogP contribution in [0.5, 0.6) is 5.75 Å². The van der Waals surface area contributed by atoms with Crippen LogP contribution in [0, 0.1) is 13.8 Å². The number of aromatic nitrogens is 1. The van der Waals surface area contributed by atoms with Crippen LogP contribution in [-0.4, -0.2) is 29.2 Å². The molecule has 6 heteroatoms. The number of ether oxygens (including phenoxy) is 2. The van der Waals surface area contributed by atoms with Crippen LogP contribution in [0.15, 0.2) is 66.7 Å². The van der Waals surface area contributed by atoms with Gasteiger partial charge in [0.15, 0.2) is 6.10 Å². The number of hydrogen-bond acceptors (Lipinski definition) is 4. The fourth-order valence-corrected chi connectivity index (χ4v) is 4.71. The third-order valence-electron chi connectivity index (χ3n) is 7.01. The van der Waals surface area contributed by atoms with Gasteiger partial charge in [-0.25, -0.2) is 4.79 Å². The molecule has 3 aromatic carbocycles. The molecule has 38 heavy (non-hydrogen) atoms. The third kappa shape index (κ3) is 5.91. The number of aryl methyl sites for hydroxylation is 2. The van der Waals surface area contributed by atoms with E-state index in [-0.39, 0.29) is 17.9 Å². The Hall–Kier alpha value is -4.06. The Labute approximate surface area is 224 Å². The van der Waals surface area contributed by atoms with Crippen molar-refractivity contribution >= 4 is 22.8 Å². The fraction of sp³-hybridized carbons (Fsp3) is 0.312. The monoisotopic (exact) mass is 512 g/mol. The van der Waals surface area contributed by atoms with E-state index in [0.717, 1.165) is 34.1 Å². The van der Waals surface area contributed by atoms with E-state index in [1.165, 1.54) is 11.1 Å². The maximum absolute atomic E-state index is 13.1. The molecule has 0 saturated carbocycles. The van der Waals surface area contributed by atoms with Crippen molar-refractivity contribution in [3.8, 4) is 5.75 Å². The van der Waals surface area contributed by atoms with E-state index in [0.29, 0.717) is 17.9 Å². The van der Waals surface area contributed by atoms with Gasteiger partial charge in [0.1, 0.15) is 5.75 Å². The van der Waals surface area contributed by atoms with E-state index in [9.17, 15) is 9.59 Å². The molecule has 0 aliphatic rings. The summed E-state index contributed by atoms with van der Waals surface area (Å²) in [6.45, 7) is 9.95. The summed E-state index contributed by atoms with van der Waals surface area (Å²) in [5, 5.41) is 4.26. The highest BCUT2D eigenvalue weighted by Gasteiger charge is 2.18. The van der Waals surface area contributed by atoms with Crippen molar-refractivity contribution in [2.75, 3.05) is 6.61 Å². The zero-order chi connectivity index (χ0) is 27.4. The molecule has 0 spiro atoms. The van der Waals surface area contributed by atoms with Gasteiger partial charge in [-0.2, -0.15) is 0 Å². The lowest BCUT2D eigenvalue weighted by molar-refractivity contribution is -0.150. The molecule has 4 aromatic rings. The molecule has 4 rings (SSSR count). The number of esters is 1. The lowest BCUT2D eigenvalue weighted by Gasteiger charge is -2.15. The Morgan fingerprint density at radius 1 is 0.974 bits per heavy atom. The average molecular weight is 513 g/mol. The predicted molar refractivity (Wildman–Crippen MR) is 151 cm³/mol. The smallest absolute Gasteiger partial charge is 0.347 e. The zero-order valence-electron chi connectivity index (χ0n) is 23.0. The predicted octanol–water partition coefficient (Wildman–Crippen LogP) is 6.21. The van der Waals surface area contributed by atoms with Crippen LogP contribution in [0.2, 0.25) is 0 Å². The van der Waals surface area contributed by atoms with Crippen molar-refractivity contribution in [2.45, 2.75) is 53.2 Å². The van der Waals surface area contributed by atoms with E-state index >= 15 is 0 Å². The molecule has 2 atom stereocenters. The number of benzene rings is 3. The largest absolute Gasteiger partial charge is 0.479 e. The molecule has 0 radical (unpaired) electrons. The number of rotatable bonds is 9. The fourth-order valence-electron chi connectivity index (χ4n) is 4.71. The number of nitrogens with zero attached hydrogens (tertiary/aromatic N) is 1. The molecular weight excluding hydrogens is 476 g/mol. The Bertz CT molecular complexity index is 1450. The highest BCUT2D eigenvalue weighted by molar-refractivity contribution is 5.99. The van der Waals surface area contributed by atoms with Crippen LogP contribution >= 0.6 is 0 Å². The van der Waals surface area contributed by atoms with E-state index in [1.807, 2.05) is 68.6 Å². The van der Waals surface area contributed by atoms with E-state index in [4.69, 9.17) is 9.47 Å². The van der Waals surface area contributed by atoms with E-state index < -0.39 is 6.10 Å². The molecule has 198 valence electrons. The minimum Gasteiger partial charge on any atom is -0.479 e. The van der Waals surface area contributed by atoms with Crippen molar-refractivity contribution < 1.29 is 19.1 Å². The van der Waals surface area contributed by atoms with Crippen molar-refractivity contribution in [2.24, 2.45) is 7.05 Å². The van der Waals surface area contributed by atoms with Crippen LogP contribution in [0.4, 0.5) is 0 Å². The van der Waals surface area contributed by atoms with Crippen LogP contribution < -0.4 is 10.1 Å². The molecular formula is C32H36N2O4. The lowest BCUT2D eigenvalue weighted by Crippen LogP contribution is -2.26. The number of carbonyl (C=O) groups is 2. The van der Waals surface area contributed by atoms with Crippen molar-refractivity contribution in [3.63, 3.8) is 0 Å². The zero-order valence-corrected chi connectivity index (χ0v) is 23.0. The van der Waals surface area contributed by atoms with E-state index in [1.54, 1.807) is 13.8 Å². The highest BCUT2D eigenvalue weighted by Crippen LogP contribution is 2.29. The van der Waals surface area contributed by atoms with E-state index in [2.05, 4.69) is 35.9 Å². The topological polar surface area (TPSA) is 69.6 Å². The first-order chi connectivity index (χ1) is 18.2. The van der Waals surface area contributed by atoms with Gasteiger partial charge in [0.2, 0.25) is 0 Å². The van der Waals surface area contributed by atoms with Crippen LogP contribution in [0.3, 0.4) is 0 Å². The van der Waals surface area contributed by atoms with Gasteiger partial charge in [0.05, 0.1) is 12.6 Å². The minimum absolute atomic E-state index is 0.0870. The van der Waals surface area contributed by atoms with Gasteiger partial charge in [0, 0.05) is 29.2 Å². The van der Waals surface area contributed by atoms with Gasteiger partial charge in [-0.3, -0.25) is 4.79 Å². The summed E-state index contributed by atoms with van der Waals surface area (Å²) in [6, 6.07) is 21.8. The Morgan fingerprint density at radius 2 is 1.71 bits per heavy atom. The van der Waals surface area contributed by atoms with Gasteiger partial charge in [-0.05, 0) is 82.0 Å². The second kappa shape index (κ2) is 11.5. The quantitative estimate of drug-likeness (QED) is 0.271. The Kier molecular flexibility index (Phi) is 8.20. The number of carbonyl (C=O) groups excluding carboxylic acids is 2. The van der Waals surface area contributed by atoms with Crippen LogP contribution in [-0.2, 0) is 23.0 Å². The Balaban J connectivity index is 1.50. The summed E-state index contributed by atoms with van der Waals surface area (Å²) < 4.78 is 12.9. The summed E-state index contributed by atoms with van der Waals surface area (Å²) in [5.41, 5.74) is 7.43. The summed E-state index contributed by atoms with van der Waals surface area (Å²) in [5.74, 6) is 0.161. The average Bonchev–Trinajstić information content (AvgIpc) is 3.14. The summed E-state index contributed by atoms with van der Waals surface area (Å²) in [6.07, 6.45) is 0.0830. The molecule has 1 unspecified atom stereocenters. The molecule has 1 N–H and O–H groups in total. The molecule has 1 amide bonds. The van der Waals surface area contributed by atoms with Crippen molar-refractivity contribution in [3.05, 3.63) is 100 Å². The van der Waals surface area contributed by atoms with Crippen molar-refractivity contribution in [1.29, 1.82) is 0 Å². The van der Waals surface area contributed by atoms with Gasteiger partial charge in [0.25, 0.3) is 5.91 Å². The number of nitrogens with one attached hydrogen (secondary N) is 1. The lowest BCUT2D eigenvalue weighted by atomic mass is 10.0. The summed E-state index contributed by atoms with van der Waals surface area (Å²) in [4.78, 5) is 24.9. The van der Waals surface area contributed by atoms with Crippen LogP contribution in [0.25, 0.3) is 10.9 Å². The Morgan fingerprint density at radius 3 is 2.39 bits per heavy atom. The number of hydrogen-bond donors (Lipinski definition) is 1. The first-order valence-corrected chi connectivity index (χ1v) is 13.1. The second-order valence-electron chi connectivity index (χ2n) is 9.80. The molecule has 0 bridgehead atoms. The molecule has 1 heterocycles. The van der Waals surface area contributed by atoms with Gasteiger partial charge in [-0.15, -0.1) is 0 Å². The molecule has 0 saturated heterocycles. The summed E-state index contributed by atoms with van der Waals surface area (Å²) in [7, 11) is 2.03. The molecule has 0 aliphatic heterocycles. The van der Waals surface area contributed by atoms with Gasteiger partial charge < -0.3 is 19.4 Å². The minimum atomic E-state index is -0.660. The maximum Gasteiger partial charge on any atom is 0.347 e. The SMILES string of the molecule is CCOC(=O)C(C)Oc1ccc(Cc2c(C)n(C)c3cc(C(=O)N[C@@H](C)c4cccc(C)c4)ccc23)cc1. The third-order valence-corrected chi connectivity index (χ3v) is 7.01. The van der Waals surface area contributed by atoms with Gasteiger partial charge in [-0.1, -0.05) is 48.0 Å². The standard InChI is InChI=1S/C32H36N2O4/c1-7-37-32(36)23(5)38-27-14-11-24(12-15-27)18-29-22(4)34(6)30-19-26(13-16-28(29)30)31(35)33-21(3)25-10-8-9-20(2)17-25/h8-17,19,21,23H,7,18H2,1-6H3,(H,33,35)/t21-,23?/m0/s1. The van der Waals surface area contributed by atoms with Gasteiger partial charge >= 0.3 is 5.97 Å². The molecule has 6 nitrogen and oxygen atoms in total. The van der Waals surface area contributed by atoms with Crippen molar-refractivity contribution in [1.82, 2.24) is 9.88 Å². The first-order valence-electron chi connectivity index (χ1n) is 13.1. The molecule has 0 aliphatic carbocycles. The number of amides is 1. The first kappa shape index (κ1) is 27.0. The van der Waals surface area contributed by atoms with Crippen LogP contribution in [0.1, 0.15) is 65.1 Å². The summed E-state index contributed by atoms with van der Waals surface area (Å²) >= 11 is 0. The highest BCUT2D eigenvalue weighted by atomic mass is 16.6. The molecule has 0 fully saturated rings. The normalized spacial score (nSPS) is 12.7. The maximum atomic E-state index is 13.1. The molecule has 1 aromatic heterocycles. The second-order valence-corrected chi connectivity index (χ2v) is 9.80. The number of fused-ring (bicyclic) bond motifs is 1.